The second kappa shape index (κ2) is 4.81. The molecule has 0 amide bonds. The zero-order valence-electron chi connectivity index (χ0n) is 9.68. The third-order valence-electron chi connectivity index (χ3n) is 3.23. The van der Waals surface area contributed by atoms with E-state index in [0.29, 0.717) is 0 Å². The molecular formula is C13H13IN4. The summed E-state index contributed by atoms with van der Waals surface area (Å²) in [5, 5.41) is 3.43. The van der Waals surface area contributed by atoms with Crippen LogP contribution in [-0.4, -0.2) is 16.0 Å². The predicted octanol–water partition coefficient (Wildman–Crippen LogP) is 2.12. The van der Waals surface area contributed by atoms with Gasteiger partial charge in [-0.05, 0) is 40.1 Å². The van der Waals surface area contributed by atoms with Crippen molar-refractivity contribution in [2.75, 3.05) is 5.32 Å². The second-order valence-corrected chi connectivity index (χ2v) is 5.57. The number of anilines is 1. The largest absolute Gasteiger partial charge is 0.361 e. The summed E-state index contributed by atoms with van der Waals surface area (Å²) < 4.78 is 1.01. The Morgan fingerprint density at radius 3 is 3.00 bits per heavy atom. The molecule has 0 saturated heterocycles. The summed E-state index contributed by atoms with van der Waals surface area (Å²) in [6.45, 7) is 0. The minimum Gasteiger partial charge on any atom is -0.361 e. The van der Waals surface area contributed by atoms with Crippen LogP contribution in [0.5, 0.6) is 0 Å². The van der Waals surface area contributed by atoms with Gasteiger partial charge in [0, 0.05) is 12.2 Å². The van der Waals surface area contributed by atoms with Gasteiger partial charge in [-0.1, -0.05) is 24.3 Å². The maximum absolute atomic E-state index is 6.22. The summed E-state index contributed by atoms with van der Waals surface area (Å²) >= 11 is 2.23. The van der Waals surface area contributed by atoms with Crippen molar-refractivity contribution in [2.24, 2.45) is 5.73 Å². The molecule has 2 aromatic rings. The average Bonchev–Trinajstić information content (AvgIpc) is 2.69. The smallest absolute Gasteiger partial charge is 0.143 e. The van der Waals surface area contributed by atoms with Gasteiger partial charge in [0.15, 0.2) is 0 Å². The van der Waals surface area contributed by atoms with Crippen molar-refractivity contribution in [2.45, 2.75) is 18.5 Å². The minimum absolute atomic E-state index is 0.0909. The number of nitrogens with two attached hydrogens (primary N) is 1. The second-order valence-electron chi connectivity index (χ2n) is 4.41. The van der Waals surface area contributed by atoms with E-state index in [2.05, 4.69) is 62.1 Å². The number of benzene rings is 1. The number of nitrogens with one attached hydrogen (secondary N) is 1. The molecule has 0 aliphatic heterocycles. The summed E-state index contributed by atoms with van der Waals surface area (Å²) in [5.74, 6) is 0.850. The van der Waals surface area contributed by atoms with Crippen LogP contribution in [0.2, 0.25) is 0 Å². The highest BCUT2D eigenvalue weighted by Crippen LogP contribution is 2.33. The van der Waals surface area contributed by atoms with Gasteiger partial charge in [-0.2, -0.15) is 0 Å². The fraction of sp³-hybridized carbons (Fsp3) is 0.231. The number of hydrogen-bond acceptors (Lipinski definition) is 4. The van der Waals surface area contributed by atoms with E-state index < -0.39 is 0 Å². The Hall–Kier alpha value is -1.21. The van der Waals surface area contributed by atoms with Crippen LogP contribution >= 0.6 is 22.6 Å². The molecule has 1 aliphatic rings. The molecule has 5 heteroatoms. The van der Waals surface area contributed by atoms with Gasteiger partial charge in [-0.25, -0.2) is 9.97 Å². The third-order valence-corrected chi connectivity index (χ3v) is 4.02. The molecule has 0 bridgehead atoms. The van der Waals surface area contributed by atoms with Gasteiger partial charge in [0.25, 0.3) is 0 Å². The molecule has 0 radical (unpaired) electrons. The predicted molar refractivity (Wildman–Crippen MR) is 79.2 cm³/mol. The van der Waals surface area contributed by atoms with Crippen molar-refractivity contribution >= 4 is 28.4 Å². The van der Waals surface area contributed by atoms with Gasteiger partial charge < -0.3 is 11.1 Å². The first-order valence-electron chi connectivity index (χ1n) is 5.81. The van der Waals surface area contributed by atoms with Gasteiger partial charge >= 0.3 is 0 Å². The molecule has 3 rings (SSSR count). The van der Waals surface area contributed by atoms with Crippen molar-refractivity contribution < 1.29 is 0 Å². The van der Waals surface area contributed by atoms with E-state index >= 15 is 0 Å². The molecule has 1 aliphatic carbocycles. The van der Waals surface area contributed by atoms with Crippen LogP contribution in [0.3, 0.4) is 0 Å². The van der Waals surface area contributed by atoms with Gasteiger partial charge in [0.2, 0.25) is 0 Å². The molecule has 4 nitrogen and oxygen atoms in total. The quantitative estimate of drug-likeness (QED) is 0.813. The van der Waals surface area contributed by atoms with E-state index in [1.807, 2.05) is 0 Å². The van der Waals surface area contributed by atoms with Crippen molar-refractivity contribution in [1.29, 1.82) is 0 Å². The first-order chi connectivity index (χ1) is 8.75. The van der Waals surface area contributed by atoms with Crippen LogP contribution < -0.4 is 11.1 Å². The van der Waals surface area contributed by atoms with Gasteiger partial charge in [-0.15, -0.1) is 0 Å². The summed E-state index contributed by atoms with van der Waals surface area (Å²) in [6.07, 6.45) is 4.26. The van der Waals surface area contributed by atoms with E-state index in [-0.39, 0.29) is 12.1 Å². The number of fused-ring (bicyclic) bond motifs is 1. The van der Waals surface area contributed by atoms with Gasteiger partial charge in [0.05, 0.1) is 9.61 Å². The first kappa shape index (κ1) is 11.9. The Labute approximate surface area is 119 Å². The lowest BCUT2D eigenvalue weighted by Gasteiger charge is -2.19. The Morgan fingerprint density at radius 1 is 1.33 bits per heavy atom. The lowest BCUT2D eigenvalue weighted by Crippen LogP contribution is -2.30. The fourth-order valence-corrected chi connectivity index (χ4v) is 2.83. The maximum atomic E-state index is 6.22. The molecule has 0 saturated carbocycles. The summed E-state index contributed by atoms with van der Waals surface area (Å²) in [5.41, 5.74) is 8.82. The van der Waals surface area contributed by atoms with Crippen LogP contribution in [-0.2, 0) is 6.42 Å². The molecule has 1 aromatic carbocycles. The van der Waals surface area contributed by atoms with Crippen molar-refractivity contribution in [1.82, 2.24) is 9.97 Å². The van der Waals surface area contributed by atoms with E-state index in [4.69, 9.17) is 5.73 Å². The number of halogens is 1. The van der Waals surface area contributed by atoms with Crippen LogP contribution in [0.4, 0.5) is 5.82 Å². The number of hydrogen-bond donors (Lipinski definition) is 2. The lowest BCUT2D eigenvalue weighted by atomic mass is 10.1. The van der Waals surface area contributed by atoms with Crippen molar-refractivity contribution in [3.05, 3.63) is 51.5 Å². The highest BCUT2D eigenvalue weighted by atomic mass is 127. The average molecular weight is 352 g/mol. The SMILES string of the molecule is NC1Cc2ccccc2C1Nc1ncncc1I. The Kier molecular flexibility index (Phi) is 3.17. The number of nitrogens with zero attached hydrogens (tertiary/aromatic N) is 2. The minimum atomic E-state index is 0.0909. The maximum Gasteiger partial charge on any atom is 0.143 e. The summed E-state index contributed by atoms with van der Waals surface area (Å²) in [7, 11) is 0. The van der Waals surface area contributed by atoms with Gasteiger partial charge in [-0.3, -0.25) is 0 Å². The van der Waals surface area contributed by atoms with Crippen molar-refractivity contribution in [3.63, 3.8) is 0 Å². The zero-order chi connectivity index (χ0) is 12.5. The Morgan fingerprint density at radius 2 is 2.17 bits per heavy atom. The third kappa shape index (κ3) is 2.08. The van der Waals surface area contributed by atoms with Crippen LogP contribution in [0, 0.1) is 3.57 Å². The zero-order valence-corrected chi connectivity index (χ0v) is 11.8. The Balaban J connectivity index is 1.92. The fourth-order valence-electron chi connectivity index (χ4n) is 2.38. The number of aromatic nitrogens is 2. The van der Waals surface area contributed by atoms with Crippen molar-refractivity contribution in [3.8, 4) is 0 Å². The van der Waals surface area contributed by atoms with Crippen LogP contribution in [0.25, 0.3) is 0 Å². The van der Waals surface area contributed by atoms with E-state index in [0.717, 1.165) is 15.8 Å². The highest BCUT2D eigenvalue weighted by Gasteiger charge is 2.29. The molecule has 0 spiro atoms. The first-order valence-corrected chi connectivity index (χ1v) is 6.89. The molecule has 1 aromatic heterocycles. The molecular weight excluding hydrogens is 339 g/mol. The molecule has 2 unspecified atom stereocenters. The topological polar surface area (TPSA) is 63.8 Å². The van der Waals surface area contributed by atoms with E-state index in [1.165, 1.54) is 11.1 Å². The lowest BCUT2D eigenvalue weighted by molar-refractivity contribution is 0.623. The monoisotopic (exact) mass is 352 g/mol. The molecule has 18 heavy (non-hydrogen) atoms. The highest BCUT2D eigenvalue weighted by molar-refractivity contribution is 14.1. The molecule has 1 heterocycles. The molecule has 0 fully saturated rings. The van der Waals surface area contributed by atoms with Crippen LogP contribution in [0.15, 0.2) is 36.8 Å². The summed E-state index contributed by atoms with van der Waals surface area (Å²) in [6, 6.07) is 8.60. The molecule has 3 N–H and O–H groups in total. The van der Waals surface area contributed by atoms with Crippen LogP contribution in [0.1, 0.15) is 17.2 Å². The molecule has 2 atom stereocenters. The standard InChI is InChI=1S/C13H13IN4/c14-10-6-16-7-17-13(10)18-12-9-4-2-1-3-8(9)5-11(12)15/h1-4,6-7,11-12H,5,15H2,(H,16,17,18). The Bertz CT molecular complexity index is 572. The van der Waals surface area contributed by atoms with E-state index in [9.17, 15) is 0 Å². The number of rotatable bonds is 2. The normalized spacial score (nSPS) is 21.7. The molecule has 92 valence electrons. The van der Waals surface area contributed by atoms with Gasteiger partial charge in [0.1, 0.15) is 12.1 Å². The van der Waals surface area contributed by atoms with E-state index in [1.54, 1.807) is 12.5 Å². The summed E-state index contributed by atoms with van der Waals surface area (Å²) in [4.78, 5) is 8.26.